The van der Waals surface area contributed by atoms with E-state index >= 15 is 0 Å². The lowest BCUT2D eigenvalue weighted by Gasteiger charge is -2.19. The first kappa shape index (κ1) is 18.0. The van der Waals surface area contributed by atoms with Gasteiger partial charge >= 0.3 is 0 Å². The third-order valence-electron chi connectivity index (χ3n) is 4.51. The van der Waals surface area contributed by atoms with Gasteiger partial charge in [0, 0.05) is 31.0 Å². The van der Waals surface area contributed by atoms with Crippen molar-refractivity contribution in [1.29, 1.82) is 0 Å². The van der Waals surface area contributed by atoms with E-state index in [0.29, 0.717) is 24.9 Å². The van der Waals surface area contributed by atoms with Crippen molar-refractivity contribution in [3.8, 4) is 0 Å². The minimum Gasteiger partial charge on any atom is -0.372 e. The van der Waals surface area contributed by atoms with E-state index in [1.165, 1.54) is 5.56 Å². The zero-order chi connectivity index (χ0) is 18.0. The van der Waals surface area contributed by atoms with Gasteiger partial charge < -0.3 is 19.3 Å². The van der Waals surface area contributed by atoms with Crippen LogP contribution in [0.15, 0.2) is 4.52 Å². The average molecular weight is 349 g/mol. The molecule has 138 valence electrons. The van der Waals surface area contributed by atoms with Crippen molar-refractivity contribution >= 4 is 0 Å². The Kier molecular flexibility index (Phi) is 5.51. The van der Waals surface area contributed by atoms with Crippen molar-refractivity contribution in [2.24, 2.45) is 7.05 Å². The van der Waals surface area contributed by atoms with Crippen molar-refractivity contribution in [1.82, 2.24) is 25.2 Å². The molecule has 25 heavy (non-hydrogen) atoms. The van der Waals surface area contributed by atoms with E-state index in [1.807, 2.05) is 32.5 Å². The molecule has 0 saturated carbocycles. The summed E-state index contributed by atoms with van der Waals surface area (Å²) < 4.78 is 18.7. The summed E-state index contributed by atoms with van der Waals surface area (Å²) in [5, 5.41) is 11.9. The van der Waals surface area contributed by atoms with Crippen LogP contribution in [0.1, 0.15) is 55.0 Å². The molecule has 1 aliphatic rings. The molecule has 2 aromatic rings. The van der Waals surface area contributed by atoms with Crippen molar-refractivity contribution in [3.05, 3.63) is 28.7 Å². The fourth-order valence-corrected chi connectivity index (χ4v) is 3.17. The largest absolute Gasteiger partial charge is 0.372 e. The van der Waals surface area contributed by atoms with Crippen LogP contribution in [0.2, 0.25) is 0 Å². The number of ether oxygens (including phenoxy) is 2. The molecule has 2 aromatic heterocycles. The van der Waals surface area contributed by atoms with Gasteiger partial charge in [-0.05, 0) is 34.1 Å². The quantitative estimate of drug-likeness (QED) is 0.817. The van der Waals surface area contributed by atoms with Crippen LogP contribution in [0.3, 0.4) is 0 Å². The van der Waals surface area contributed by atoms with E-state index in [2.05, 4.69) is 27.5 Å². The molecule has 0 bridgehead atoms. The van der Waals surface area contributed by atoms with E-state index in [0.717, 1.165) is 24.4 Å². The number of nitrogens with zero attached hydrogens (tertiary/aromatic N) is 4. The average Bonchev–Trinajstić information content (AvgIpc) is 3.24. The number of aromatic nitrogens is 4. The summed E-state index contributed by atoms with van der Waals surface area (Å²) in [6, 6.07) is 0.198. The van der Waals surface area contributed by atoms with E-state index in [-0.39, 0.29) is 18.2 Å². The van der Waals surface area contributed by atoms with Crippen LogP contribution in [0.25, 0.3) is 0 Å². The second kappa shape index (κ2) is 7.63. The van der Waals surface area contributed by atoms with Crippen molar-refractivity contribution in [2.45, 2.75) is 65.5 Å². The van der Waals surface area contributed by atoms with Crippen LogP contribution in [-0.2, 0) is 29.7 Å². The van der Waals surface area contributed by atoms with Gasteiger partial charge in [-0.2, -0.15) is 10.1 Å². The van der Waals surface area contributed by atoms with E-state index in [1.54, 1.807) is 0 Å². The molecule has 0 amide bonds. The molecule has 8 nitrogen and oxygen atoms in total. The van der Waals surface area contributed by atoms with E-state index in [9.17, 15) is 0 Å². The minimum atomic E-state index is 0.000339. The van der Waals surface area contributed by atoms with Gasteiger partial charge in [0.25, 0.3) is 0 Å². The van der Waals surface area contributed by atoms with Crippen LogP contribution in [0, 0.1) is 13.8 Å². The smallest absolute Gasteiger partial charge is 0.240 e. The van der Waals surface area contributed by atoms with Gasteiger partial charge in [-0.3, -0.25) is 4.68 Å². The molecule has 1 aliphatic heterocycles. The summed E-state index contributed by atoms with van der Waals surface area (Å²) in [6.45, 7) is 9.67. The van der Waals surface area contributed by atoms with Gasteiger partial charge in [-0.15, -0.1) is 0 Å². The SMILES string of the molecule is Cc1nn(C)c(C)c1[C@@H]1OCC[C@H]1NCc1nc(COC(C)C)no1. The van der Waals surface area contributed by atoms with Crippen molar-refractivity contribution in [3.63, 3.8) is 0 Å². The molecule has 3 heterocycles. The van der Waals surface area contributed by atoms with E-state index in [4.69, 9.17) is 14.0 Å². The second-order valence-electron chi connectivity index (χ2n) is 6.74. The summed E-state index contributed by atoms with van der Waals surface area (Å²) in [6.07, 6.45) is 1.08. The Morgan fingerprint density at radius 2 is 2.16 bits per heavy atom. The molecule has 0 unspecified atom stereocenters. The van der Waals surface area contributed by atoms with Crippen molar-refractivity contribution in [2.75, 3.05) is 6.61 Å². The number of hydrogen-bond acceptors (Lipinski definition) is 7. The molecule has 0 radical (unpaired) electrons. The van der Waals surface area contributed by atoms with Gasteiger partial charge in [0.1, 0.15) is 12.7 Å². The highest BCUT2D eigenvalue weighted by Gasteiger charge is 2.33. The summed E-state index contributed by atoms with van der Waals surface area (Å²) in [4.78, 5) is 4.36. The topological polar surface area (TPSA) is 87.2 Å². The molecule has 3 rings (SSSR count). The Labute approximate surface area is 147 Å². The molecule has 1 fully saturated rings. The third kappa shape index (κ3) is 4.08. The molecule has 0 aromatic carbocycles. The first-order valence-corrected chi connectivity index (χ1v) is 8.73. The first-order valence-electron chi connectivity index (χ1n) is 8.73. The van der Waals surface area contributed by atoms with Crippen LogP contribution in [0.4, 0.5) is 0 Å². The van der Waals surface area contributed by atoms with Crippen LogP contribution >= 0.6 is 0 Å². The molecule has 8 heteroatoms. The number of rotatable bonds is 7. The van der Waals surface area contributed by atoms with Gasteiger partial charge in [0.2, 0.25) is 5.89 Å². The Morgan fingerprint density at radius 1 is 1.36 bits per heavy atom. The van der Waals surface area contributed by atoms with E-state index < -0.39 is 0 Å². The number of hydrogen-bond donors (Lipinski definition) is 1. The van der Waals surface area contributed by atoms with Gasteiger partial charge in [0.15, 0.2) is 5.82 Å². The predicted molar refractivity (Wildman–Crippen MR) is 90.8 cm³/mol. The highest BCUT2D eigenvalue weighted by atomic mass is 16.5. The summed E-state index contributed by atoms with van der Waals surface area (Å²) in [7, 11) is 1.96. The van der Waals surface area contributed by atoms with Crippen LogP contribution < -0.4 is 5.32 Å². The summed E-state index contributed by atoms with van der Waals surface area (Å²) in [5.74, 6) is 1.14. The highest BCUT2D eigenvalue weighted by molar-refractivity contribution is 5.29. The summed E-state index contributed by atoms with van der Waals surface area (Å²) in [5.41, 5.74) is 3.33. The summed E-state index contributed by atoms with van der Waals surface area (Å²) >= 11 is 0. The third-order valence-corrected chi connectivity index (χ3v) is 4.51. The lowest BCUT2D eigenvalue weighted by Crippen LogP contribution is -2.31. The Hall–Kier alpha value is -1.77. The molecule has 1 saturated heterocycles. The molecular formula is C17H27N5O3. The Balaban J connectivity index is 1.61. The molecule has 0 aliphatic carbocycles. The van der Waals surface area contributed by atoms with Crippen LogP contribution in [-0.4, -0.2) is 38.7 Å². The fourth-order valence-electron chi connectivity index (χ4n) is 3.17. The van der Waals surface area contributed by atoms with Gasteiger partial charge in [0.05, 0.1) is 18.3 Å². The first-order chi connectivity index (χ1) is 12.0. The number of aryl methyl sites for hydroxylation is 2. The molecule has 2 atom stereocenters. The molecular weight excluding hydrogens is 322 g/mol. The maximum absolute atomic E-state index is 5.98. The van der Waals surface area contributed by atoms with Crippen LogP contribution in [0.5, 0.6) is 0 Å². The van der Waals surface area contributed by atoms with Gasteiger partial charge in [-0.25, -0.2) is 0 Å². The zero-order valence-corrected chi connectivity index (χ0v) is 15.6. The monoisotopic (exact) mass is 349 g/mol. The Morgan fingerprint density at radius 3 is 2.84 bits per heavy atom. The normalized spacial score (nSPS) is 20.7. The standard InChI is InChI=1S/C17H27N5O3/c1-10(2)24-9-14-19-15(25-21-14)8-18-13-6-7-23-17(13)16-11(3)20-22(5)12(16)4/h10,13,17-18H,6-9H2,1-5H3/t13-,17-/m1/s1. The maximum Gasteiger partial charge on any atom is 0.240 e. The number of nitrogens with one attached hydrogen (secondary N) is 1. The fraction of sp³-hybridized carbons (Fsp3) is 0.706. The zero-order valence-electron chi connectivity index (χ0n) is 15.6. The predicted octanol–water partition coefficient (Wildman–Crippen LogP) is 1.96. The van der Waals surface area contributed by atoms with Gasteiger partial charge in [-0.1, -0.05) is 5.16 Å². The lowest BCUT2D eigenvalue weighted by atomic mass is 10.0. The minimum absolute atomic E-state index is 0.000339. The second-order valence-corrected chi connectivity index (χ2v) is 6.74. The highest BCUT2D eigenvalue weighted by Crippen LogP contribution is 2.33. The molecule has 0 spiro atoms. The molecule has 1 N–H and O–H groups in total. The Bertz CT molecular complexity index is 709. The van der Waals surface area contributed by atoms with Crippen molar-refractivity contribution < 1.29 is 14.0 Å². The maximum atomic E-state index is 5.98. The lowest BCUT2D eigenvalue weighted by molar-refractivity contribution is 0.0601.